The molecule has 0 fully saturated rings. The maximum Gasteiger partial charge on any atom is 0.162 e. The maximum absolute atomic E-state index is 13.5. The van der Waals surface area contributed by atoms with Crippen LogP contribution in [0.5, 0.6) is 0 Å². The summed E-state index contributed by atoms with van der Waals surface area (Å²) in [5.74, 6) is 1.51. The number of benzene rings is 3. The standard InChI is InChI=1S/C29H24ClNO2/c1-29(2)15-22-27(23(32)16-29)28(25-14-13-24(33-25)18-7-10-19(30)11-8-18)26-20-6-4-3-5-17(20)9-12-21(26)31-22/h3-14,28,31H,15-16H2,1-2H3. The summed E-state index contributed by atoms with van der Waals surface area (Å²) in [4.78, 5) is 13.5. The Morgan fingerprint density at radius 2 is 1.73 bits per heavy atom. The van der Waals surface area contributed by atoms with E-state index in [9.17, 15) is 4.79 Å². The molecule has 2 heterocycles. The van der Waals surface area contributed by atoms with E-state index in [0.29, 0.717) is 11.4 Å². The molecular weight excluding hydrogens is 430 g/mol. The number of Topliss-reactive ketones (excluding diaryl/α,β-unsaturated/α-hetero) is 1. The summed E-state index contributed by atoms with van der Waals surface area (Å²) in [5, 5.41) is 6.61. The summed E-state index contributed by atoms with van der Waals surface area (Å²) in [6.07, 6.45) is 1.37. The van der Waals surface area contributed by atoms with Crippen molar-refractivity contribution in [2.45, 2.75) is 32.6 Å². The number of rotatable bonds is 2. The fourth-order valence-electron chi connectivity index (χ4n) is 5.37. The lowest BCUT2D eigenvalue weighted by Gasteiger charge is -2.39. The van der Waals surface area contributed by atoms with Crippen LogP contribution in [0, 0.1) is 5.41 Å². The molecule has 3 nitrogen and oxygen atoms in total. The third-order valence-electron chi connectivity index (χ3n) is 6.79. The summed E-state index contributed by atoms with van der Waals surface area (Å²) in [5.41, 5.74) is 4.91. The molecule has 1 N–H and O–H groups in total. The van der Waals surface area contributed by atoms with Crippen molar-refractivity contribution in [3.05, 3.63) is 100 Å². The fraction of sp³-hybridized carbons (Fsp3) is 0.207. The van der Waals surface area contributed by atoms with Crippen LogP contribution in [0.2, 0.25) is 5.02 Å². The first-order chi connectivity index (χ1) is 15.9. The zero-order valence-corrected chi connectivity index (χ0v) is 19.4. The smallest absolute Gasteiger partial charge is 0.162 e. The summed E-state index contributed by atoms with van der Waals surface area (Å²) in [7, 11) is 0. The molecule has 2 aliphatic rings. The van der Waals surface area contributed by atoms with Gasteiger partial charge in [0.25, 0.3) is 0 Å². The number of carbonyl (C=O) groups is 1. The average molecular weight is 454 g/mol. The number of nitrogens with one attached hydrogen (secondary N) is 1. The van der Waals surface area contributed by atoms with Crippen LogP contribution >= 0.6 is 11.6 Å². The number of hydrogen-bond donors (Lipinski definition) is 1. The molecule has 1 atom stereocenters. The number of fused-ring (bicyclic) bond motifs is 3. The van der Waals surface area contributed by atoms with Crippen LogP contribution in [0.1, 0.15) is 43.9 Å². The van der Waals surface area contributed by atoms with E-state index in [4.69, 9.17) is 16.0 Å². The van der Waals surface area contributed by atoms with E-state index < -0.39 is 0 Å². The van der Waals surface area contributed by atoms with Crippen LogP contribution in [0.4, 0.5) is 5.69 Å². The summed E-state index contributed by atoms with van der Waals surface area (Å²) in [6.45, 7) is 4.32. The first-order valence-corrected chi connectivity index (χ1v) is 11.7. The van der Waals surface area contributed by atoms with Gasteiger partial charge in [0.15, 0.2) is 5.78 Å². The molecule has 0 bridgehead atoms. The van der Waals surface area contributed by atoms with Crippen LogP contribution in [0.25, 0.3) is 22.1 Å². The number of allylic oxidation sites excluding steroid dienone is 2. The lowest BCUT2D eigenvalue weighted by molar-refractivity contribution is -0.118. The number of anilines is 1. The normalized spacial score (nSPS) is 19.2. The van der Waals surface area contributed by atoms with Gasteiger partial charge in [-0.1, -0.05) is 55.8 Å². The maximum atomic E-state index is 13.5. The Morgan fingerprint density at radius 1 is 0.939 bits per heavy atom. The fourth-order valence-corrected chi connectivity index (χ4v) is 5.49. The third kappa shape index (κ3) is 3.39. The Morgan fingerprint density at radius 3 is 2.55 bits per heavy atom. The molecule has 0 amide bonds. The van der Waals surface area contributed by atoms with E-state index in [1.807, 2.05) is 42.5 Å². The van der Waals surface area contributed by atoms with Gasteiger partial charge in [-0.15, -0.1) is 0 Å². The molecule has 0 spiro atoms. The molecule has 1 aliphatic carbocycles. The van der Waals surface area contributed by atoms with Crippen molar-refractivity contribution in [2.75, 3.05) is 5.32 Å². The first-order valence-electron chi connectivity index (χ1n) is 11.3. The summed E-state index contributed by atoms with van der Waals surface area (Å²) < 4.78 is 6.45. The highest BCUT2D eigenvalue weighted by Gasteiger charge is 2.42. The zero-order chi connectivity index (χ0) is 22.7. The van der Waals surface area contributed by atoms with Gasteiger partial charge in [0.05, 0.1) is 5.92 Å². The zero-order valence-electron chi connectivity index (χ0n) is 18.6. The molecule has 33 heavy (non-hydrogen) atoms. The van der Waals surface area contributed by atoms with Gasteiger partial charge in [-0.25, -0.2) is 0 Å². The molecule has 6 rings (SSSR count). The van der Waals surface area contributed by atoms with Gasteiger partial charge in [0.1, 0.15) is 11.5 Å². The summed E-state index contributed by atoms with van der Waals surface area (Å²) >= 11 is 6.07. The second-order valence-corrected chi connectivity index (χ2v) is 10.3. The Hall–Kier alpha value is -3.30. The second-order valence-electron chi connectivity index (χ2n) is 9.85. The van der Waals surface area contributed by atoms with Crippen molar-refractivity contribution in [2.24, 2.45) is 5.41 Å². The molecule has 1 unspecified atom stereocenters. The molecule has 164 valence electrons. The van der Waals surface area contributed by atoms with E-state index in [0.717, 1.165) is 56.8 Å². The topological polar surface area (TPSA) is 42.2 Å². The van der Waals surface area contributed by atoms with Crippen molar-refractivity contribution >= 4 is 33.8 Å². The van der Waals surface area contributed by atoms with E-state index in [1.165, 1.54) is 0 Å². The van der Waals surface area contributed by atoms with Gasteiger partial charge in [-0.2, -0.15) is 0 Å². The highest BCUT2D eigenvalue weighted by Crippen LogP contribution is 2.51. The monoisotopic (exact) mass is 453 g/mol. The van der Waals surface area contributed by atoms with Gasteiger partial charge in [0.2, 0.25) is 0 Å². The van der Waals surface area contributed by atoms with Crippen LogP contribution < -0.4 is 5.32 Å². The molecule has 1 aliphatic heterocycles. The number of carbonyl (C=O) groups excluding carboxylic acids is 1. The molecule has 4 heteroatoms. The van der Waals surface area contributed by atoms with E-state index >= 15 is 0 Å². The molecule has 0 saturated heterocycles. The molecule has 4 aromatic rings. The average Bonchev–Trinajstić information content (AvgIpc) is 3.27. The van der Waals surface area contributed by atoms with E-state index in [-0.39, 0.29) is 17.1 Å². The van der Waals surface area contributed by atoms with Crippen molar-refractivity contribution < 1.29 is 9.21 Å². The van der Waals surface area contributed by atoms with Crippen molar-refractivity contribution in [3.63, 3.8) is 0 Å². The Balaban J connectivity index is 1.57. The lowest BCUT2D eigenvalue weighted by atomic mass is 9.69. The lowest BCUT2D eigenvalue weighted by Crippen LogP contribution is -2.33. The highest BCUT2D eigenvalue weighted by molar-refractivity contribution is 6.30. The van der Waals surface area contributed by atoms with E-state index in [2.05, 4.69) is 49.5 Å². The molecule has 0 radical (unpaired) electrons. The van der Waals surface area contributed by atoms with Gasteiger partial charge >= 0.3 is 0 Å². The van der Waals surface area contributed by atoms with Crippen LogP contribution in [0.3, 0.4) is 0 Å². The van der Waals surface area contributed by atoms with E-state index in [1.54, 1.807) is 0 Å². The van der Waals surface area contributed by atoms with Gasteiger partial charge in [-0.3, -0.25) is 4.79 Å². The minimum absolute atomic E-state index is 0.0700. The predicted molar refractivity (Wildman–Crippen MR) is 134 cm³/mol. The van der Waals surface area contributed by atoms with Gasteiger partial charge in [-0.05, 0) is 70.6 Å². The quantitative estimate of drug-likeness (QED) is 0.334. The first kappa shape index (κ1) is 20.3. The molecule has 0 saturated carbocycles. The van der Waals surface area contributed by atoms with Gasteiger partial charge < -0.3 is 9.73 Å². The van der Waals surface area contributed by atoms with Crippen molar-refractivity contribution in [3.8, 4) is 11.3 Å². The third-order valence-corrected chi connectivity index (χ3v) is 7.05. The molecule has 3 aromatic carbocycles. The Kier molecular flexibility index (Phi) is 4.53. The van der Waals surface area contributed by atoms with Crippen molar-refractivity contribution in [1.29, 1.82) is 0 Å². The Bertz CT molecular complexity index is 1440. The van der Waals surface area contributed by atoms with Gasteiger partial charge in [0, 0.05) is 34.0 Å². The number of halogens is 1. The minimum Gasteiger partial charge on any atom is -0.460 e. The Labute approximate surface area is 198 Å². The number of furan rings is 1. The highest BCUT2D eigenvalue weighted by atomic mass is 35.5. The van der Waals surface area contributed by atoms with Crippen molar-refractivity contribution in [1.82, 2.24) is 0 Å². The van der Waals surface area contributed by atoms with Crippen LogP contribution in [0.15, 0.2) is 88.5 Å². The SMILES string of the molecule is CC1(C)CC(=O)C2=C(C1)Nc1ccc3ccccc3c1C2c1ccc(-c2ccc(Cl)cc2)o1. The summed E-state index contributed by atoms with van der Waals surface area (Å²) in [6, 6.07) is 24.3. The molecular formula is C29H24ClNO2. The predicted octanol–water partition coefficient (Wildman–Crippen LogP) is 7.95. The van der Waals surface area contributed by atoms with Crippen LogP contribution in [-0.2, 0) is 4.79 Å². The van der Waals surface area contributed by atoms with Crippen LogP contribution in [-0.4, -0.2) is 5.78 Å². The molecule has 1 aromatic heterocycles. The number of ketones is 1. The minimum atomic E-state index is -0.244. The largest absolute Gasteiger partial charge is 0.460 e. The second kappa shape index (κ2) is 7.36. The number of hydrogen-bond acceptors (Lipinski definition) is 3.